The van der Waals surface area contributed by atoms with Gasteiger partial charge in [-0.15, -0.1) is 11.3 Å². The summed E-state index contributed by atoms with van der Waals surface area (Å²) in [4.78, 5) is 51.8. The molecule has 5 rings (SSSR count). The monoisotopic (exact) mass is 519 g/mol. The smallest absolute Gasteiger partial charge is 0.326 e. The molecule has 37 heavy (non-hydrogen) atoms. The van der Waals surface area contributed by atoms with Gasteiger partial charge in [0.15, 0.2) is 0 Å². The zero-order valence-electron chi connectivity index (χ0n) is 21.2. The number of fused-ring (bicyclic) bond motifs is 2. The molecule has 0 bridgehead atoms. The topological polar surface area (TPSA) is 121 Å². The third kappa shape index (κ3) is 4.57. The number of benzene rings is 1. The van der Waals surface area contributed by atoms with Crippen LogP contribution in [-0.2, 0) is 24.3 Å². The van der Waals surface area contributed by atoms with Gasteiger partial charge in [0.1, 0.15) is 0 Å². The molecule has 0 saturated carbocycles. The Morgan fingerprint density at radius 3 is 2.62 bits per heavy atom. The maximum atomic E-state index is 13.2. The molecule has 5 aromatic rings. The maximum absolute atomic E-state index is 13.2. The summed E-state index contributed by atoms with van der Waals surface area (Å²) in [6.07, 6.45) is 3.10. The fourth-order valence-electron chi connectivity index (χ4n) is 4.41. The number of nitrogens with zero attached hydrogens (tertiary/aromatic N) is 4. The number of aryl methyl sites for hydroxylation is 3. The Bertz CT molecular complexity index is 1680. The van der Waals surface area contributed by atoms with Crippen molar-refractivity contribution in [1.29, 1.82) is 0 Å². The van der Waals surface area contributed by atoms with Gasteiger partial charge in [-0.3, -0.25) is 19.5 Å². The van der Waals surface area contributed by atoms with Crippen molar-refractivity contribution in [2.75, 3.05) is 19.4 Å². The molecule has 10 nitrogen and oxygen atoms in total. The van der Waals surface area contributed by atoms with Crippen molar-refractivity contribution in [2.45, 2.75) is 39.8 Å². The summed E-state index contributed by atoms with van der Waals surface area (Å²) in [6, 6.07) is 9.52. The van der Waals surface area contributed by atoms with E-state index in [2.05, 4.69) is 33.3 Å². The fraction of sp³-hybridized carbons (Fsp3) is 0.308. The average molecular weight is 520 g/mol. The van der Waals surface area contributed by atoms with Crippen molar-refractivity contribution < 1.29 is 9.59 Å². The lowest BCUT2D eigenvalue weighted by Crippen LogP contribution is -2.23. The van der Waals surface area contributed by atoms with Crippen LogP contribution in [0.25, 0.3) is 32.5 Å². The van der Waals surface area contributed by atoms with E-state index < -0.39 is 0 Å². The van der Waals surface area contributed by atoms with Gasteiger partial charge >= 0.3 is 5.69 Å². The number of hydrogen-bond acceptors (Lipinski definition) is 5. The Kier molecular flexibility index (Phi) is 6.46. The second-order valence-electron chi connectivity index (χ2n) is 9.04. The van der Waals surface area contributed by atoms with Gasteiger partial charge in [0, 0.05) is 55.9 Å². The minimum atomic E-state index is -0.269. The highest BCUT2D eigenvalue weighted by Crippen LogP contribution is 2.30. The average Bonchev–Trinajstić information content (AvgIpc) is 3.65. The number of thiophene rings is 1. The lowest BCUT2D eigenvalue weighted by atomic mass is 10.2. The number of imidazole rings is 2. The second-order valence-corrected chi connectivity index (χ2v) is 10.1. The summed E-state index contributed by atoms with van der Waals surface area (Å²) in [5.74, 6) is 0.0525. The number of anilines is 1. The molecule has 0 aliphatic rings. The minimum Gasteiger partial charge on any atom is -0.364 e. The second kappa shape index (κ2) is 9.74. The Morgan fingerprint density at radius 1 is 1.11 bits per heavy atom. The summed E-state index contributed by atoms with van der Waals surface area (Å²) in [6.45, 7) is 4.84. The first-order chi connectivity index (χ1) is 17.8. The number of amides is 2. The summed E-state index contributed by atoms with van der Waals surface area (Å²) in [5.41, 5.74) is 4.78. The molecule has 2 amide bonds. The zero-order chi connectivity index (χ0) is 26.3. The summed E-state index contributed by atoms with van der Waals surface area (Å²) < 4.78 is 3.48. The minimum absolute atomic E-state index is 0.0341. The van der Waals surface area contributed by atoms with Crippen molar-refractivity contribution in [1.82, 2.24) is 29.0 Å². The molecule has 0 radical (unpaired) electrons. The lowest BCUT2D eigenvalue weighted by molar-refractivity contribution is -0.128. The van der Waals surface area contributed by atoms with Crippen molar-refractivity contribution in [3.05, 3.63) is 57.6 Å². The van der Waals surface area contributed by atoms with Gasteiger partial charge in [-0.1, -0.05) is 6.92 Å². The van der Waals surface area contributed by atoms with Crippen LogP contribution >= 0.6 is 11.3 Å². The van der Waals surface area contributed by atoms with Crippen LogP contribution in [0.2, 0.25) is 0 Å². The number of hydrogen-bond donors (Lipinski definition) is 3. The van der Waals surface area contributed by atoms with E-state index in [9.17, 15) is 14.4 Å². The lowest BCUT2D eigenvalue weighted by Gasteiger charge is -2.13. The van der Waals surface area contributed by atoms with Crippen LogP contribution in [0.15, 0.2) is 41.3 Å². The van der Waals surface area contributed by atoms with Gasteiger partial charge in [0.2, 0.25) is 11.9 Å². The number of nitrogens with one attached hydrogen (secondary N) is 3. The molecule has 3 N–H and O–H groups in total. The Hall–Kier alpha value is -4.12. The third-order valence-electron chi connectivity index (χ3n) is 6.47. The summed E-state index contributed by atoms with van der Waals surface area (Å²) in [5, 5.41) is 2.95. The van der Waals surface area contributed by atoms with Crippen LogP contribution in [0.5, 0.6) is 0 Å². The van der Waals surface area contributed by atoms with Crippen LogP contribution in [-0.4, -0.2) is 54.9 Å². The first-order valence-corrected chi connectivity index (χ1v) is 13.0. The highest BCUT2D eigenvalue weighted by atomic mass is 32.1. The van der Waals surface area contributed by atoms with E-state index in [1.54, 1.807) is 30.8 Å². The molecule has 0 aliphatic heterocycles. The molecule has 0 aliphatic carbocycles. The number of H-pyrrole nitrogens is 2. The number of aromatic nitrogens is 5. The van der Waals surface area contributed by atoms with Gasteiger partial charge in [0.25, 0.3) is 5.91 Å². The molecular weight excluding hydrogens is 490 g/mol. The molecule has 0 unspecified atom stereocenters. The molecule has 192 valence electrons. The van der Waals surface area contributed by atoms with E-state index in [0.717, 1.165) is 33.6 Å². The van der Waals surface area contributed by atoms with Crippen LogP contribution in [0.4, 0.5) is 5.95 Å². The van der Waals surface area contributed by atoms with E-state index in [0.29, 0.717) is 34.9 Å². The van der Waals surface area contributed by atoms with E-state index in [-0.39, 0.29) is 23.9 Å². The van der Waals surface area contributed by atoms with Gasteiger partial charge in [-0.2, -0.15) is 0 Å². The summed E-state index contributed by atoms with van der Waals surface area (Å²) >= 11 is 1.41. The normalized spacial score (nSPS) is 11.5. The molecule has 1 aromatic carbocycles. The molecule has 0 saturated heterocycles. The van der Waals surface area contributed by atoms with Crippen molar-refractivity contribution in [3.63, 3.8) is 0 Å². The molecule has 4 heterocycles. The summed E-state index contributed by atoms with van der Waals surface area (Å²) in [7, 11) is 3.42. The van der Waals surface area contributed by atoms with Crippen molar-refractivity contribution >= 4 is 51.2 Å². The zero-order valence-corrected chi connectivity index (χ0v) is 22.0. The Morgan fingerprint density at radius 2 is 1.92 bits per heavy atom. The van der Waals surface area contributed by atoms with Crippen molar-refractivity contribution in [3.8, 4) is 10.4 Å². The van der Waals surface area contributed by atoms with Gasteiger partial charge in [-0.25, -0.2) is 9.78 Å². The molecule has 0 fully saturated rings. The van der Waals surface area contributed by atoms with Crippen LogP contribution in [0, 0.1) is 0 Å². The predicted molar refractivity (Wildman–Crippen MR) is 146 cm³/mol. The molecule has 11 heteroatoms. The van der Waals surface area contributed by atoms with Crippen molar-refractivity contribution in [2.24, 2.45) is 0 Å². The van der Waals surface area contributed by atoms with E-state index in [4.69, 9.17) is 0 Å². The first-order valence-electron chi connectivity index (χ1n) is 12.2. The standard InChI is InChI=1S/C26H29N7O3S/c1-5-16-11-15(14-27-16)21-7-8-22(37-21)24(35)30-25-28-17-12-18-19(32(6-2)26(36)29-18)13-20(17)33(25)10-9-23(34)31(3)4/h7-8,11-14,27H,5-6,9-10H2,1-4H3,(H,29,36)(H,28,30,35). The SMILES string of the molecule is CCc1cc(-c2ccc(C(=O)Nc3nc4cc5[nH]c(=O)n(CC)c5cc4n3CCC(=O)N(C)C)s2)c[nH]1. The maximum Gasteiger partial charge on any atom is 0.326 e. The molecule has 4 aromatic heterocycles. The van der Waals surface area contributed by atoms with E-state index in [1.807, 2.05) is 29.8 Å². The first kappa shape index (κ1) is 24.6. The number of aromatic amines is 2. The third-order valence-corrected chi connectivity index (χ3v) is 7.60. The number of carbonyl (C=O) groups is 2. The van der Waals surface area contributed by atoms with Gasteiger partial charge in [-0.05, 0) is 43.7 Å². The van der Waals surface area contributed by atoms with E-state index in [1.165, 1.54) is 16.2 Å². The molecular formula is C26H29N7O3S. The Balaban J connectivity index is 1.51. The fourth-order valence-corrected chi connectivity index (χ4v) is 5.30. The highest BCUT2D eigenvalue weighted by molar-refractivity contribution is 7.17. The van der Waals surface area contributed by atoms with Gasteiger partial charge in [0.05, 0.1) is 26.9 Å². The van der Waals surface area contributed by atoms with Crippen LogP contribution in [0.1, 0.15) is 35.6 Å². The Labute approximate surface area is 216 Å². The van der Waals surface area contributed by atoms with E-state index >= 15 is 0 Å². The van der Waals surface area contributed by atoms with Crippen LogP contribution < -0.4 is 11.0 Å². The largest absolute Gasteiger partial charge is 0.364 e. The van der Waals surface area contributed by atoms with Gasteiger partial charge < -0.3 is 19.4 Å². The highest BCUT2D eigenvalue weighted by Gasteiger charge is 2.19. The van der Waals surface area contributed by atoms with Crippen LogP contribution in [0.3, 0.4) is 0 Å². The predicted octanol–water partition coefficient (Wildman–Crippen LogP) is 4.05. The number of carbonyl (C=O) groups excluding carboxylic acids is 2. The number of rotatable bonds is 8. The quantitative estimate of drug-likeness (QED) is 0.286. The molecule has 0 spiro atoms. The molecule has 0 atom stereocenters.